The van der Waals surface area contributed by atoms with Gasteiger partial charge in [-0.25, -0.2) is 9.18 Å². The normalized spacial score (nSPS) is 13.5. The molecule has 1 heterocycles. The number of anilines is 3. The molecule has 1 fully saturated rings. The Hall–Kier alpha value is -5.00. The molecule has 0 aliphatic carbocycles. The summed E-state index contributed by atoms with van der Waals surface area (Å²) >= 11 is 0. The number of urea groups is 1. The summed E-state index contributed by atoms with van der Waals surface area (Å²) in [5, 5.41) is 17.8. The largest absolute Gasteiger partial charge is 0.323 e. The minimum atomic E-state index is -0.426. The van der Waals surface area contributed by atoms with Gasteiger partial charge in [-0.3, -0.25) is 4.79 Å². The van der Waals surface area contributed by atoms with Crippen LogP contribution in [0.15, 0.2) is 97.1 Å². The number of benzene rings is 4. The van der Waals surface area contributed by atoms with Gasteiger partial charge in [0.05, 0.1) is 11.6 Å². The van der Waals surface area contributed by atoms with E-state index in [-0.39, 0.29) is 11.7 Å². The van der Waals surface area contributed by atoms with E-state index >= 15 is 0 Å². The summed E-state index contributed by atoms with van der Waals surface area (Å²) in [6, 6.07) is 29.8. The van der Waals surface area contributed by atoms with Gasteiger partial charge in [0.2, 0.25) is 0 Å². The number of hydrogen-bond acceptors (Lipinski definition) is 4. The first-order valence-corrected chi connectivity index (χ1v) is 15.0. The van der Waals surface area contributed by atoms with Gasteiger partial charge >= 0.3 is 6.03 Å². The zero-order chi connectivity index (χ0) is 30.7. The molecule has 8 heteroatoms. The first-order chi connectivity index (χ1) is 21.4. The van der Waals surface area contributed by atoms with Crippen molar-refractivity contribution < 1.29 is 14.0 Å². The number of hydrogen-bond donors (Lipinski definition) is 3. The molecule has 4 aromatic rings. The third-order valence-corrected chi connectivity index (χ3v) is 8.06. The SMILES string of the molecule is N#Cc1cccc(NC(=O)Nc2ccc(C(=O)Nc3ccccc3)cc2CCN2CCC(CCc3ccc(F)cc3)CC2)c1. The van der Waals surface area contributed by atoms with E-state index in [4.69, 9.17) is 5.26 Å². The van der Waals surface area contributed by atoms with Crippen molar-refractivity contribution in [2.75, 3.05) is 35.6 Å². The Morgan fingerprint density at radius 2 is 1.57 bits per heavy atom. The maximum Gasteiger partial charge on any atom is 0.323 e. The van der Waals surface area contributed by atoms with Crippen LogP contribution < -0.4 is 16.0 Å². The van der Waals surface area contributed by atoms with Gasteiger partial charge in [0.25, 0.3) is 5.91 Å². The summed E-state index contributed by atoms with van der Waals surface area (Å²) < 4.78 is 13.2. The lowest BCUT2D eigenvalue weighted by molar-refractivity contribution is 0.102. The number of likely N-dealkylation sites (tertiary alicyclic amines) is 1. The molecule has 5 rings (SSSR count). The fourth-order valence-electron chi connectivity index (χ4n) is 5.54. The Kier molecular flexibility index (Phi) is 10.3. The number of nitriles is 1. The molecule has 3 N–H and O–H groups in total. The molecule has 0 aromatic heterocycles. The molecule has 44 heavy (non-hydrogen) atoms. The first kappa shape index (κ1) is 30.5. The van der Waals surface area contributed by atoms with Gasteiger partial charge in [-0.1, -0.05) is 36.4 Å². The van der Waals surface area contributed by atoms with Crippen LogP contribution in [0.3, 0.4) is 0 Å². The topological polar surface area (TPSA) is 97.3 Å². The lowest BCUT2D eigenvalue weighted by atomic mass is 9.90. The average molecular weight is 590 g/mol. The van der Waals surface area contributed by atoms with Crippen LogP contribution in [0.25, 0.3) is 0 Å². The Balaban J connectivity index is 1.22. The molecule has 7 nitrogen and oxygen atoms in total. The van der Waals surface area contributed by atoms with E-state index in [2.05, 4.69) is 26.9 Å². The Bertz CT molecular complexity index is 1610. The van der Waals surface area contributed by atoms with Crippen LogP contribution in [0.5, 0.6) is 0 Å². The van der Waals surface area contributed by atoms with Crippen molar-refractivity contribution in [3.05, 3.63) is 125 Å². The van der Waals surface area contributed by atoms with Crippen LogP contribution in [-0.4, -0.2) is 36.5 Å². The van der Waals surface area contributed by atoms with Gasteiger partial charge in [-0.05, 0) is 123 Å². The smallest absolute Gasteiger partial charge is 0.322 e. The summed E-state index contributed by atoms with van der Waals surface area (Å²) in [6.07, 6.45) is 4.93. The zero-order valence-corrected chi connectivity index (χ0v) is 24.6. The van der Waals surface area contributed by atoms with E-state index in [1.165, 1.54) is 17.7 Å². The van der Waals surface area contributed by atoms with Gasteiger partial charge < -0.3 is 20.9 Å². The van der Waals surface area contributed by atoms with Crippen molar-refractivity contribution in [2.24, 2.45) is 5.92 Å². The van der Waals surface area contributed by atoms with E-state index in [1.807, 2.05) is 48.5 Å². The molecule has 0 unspecified atom stereocenters. The fourth-order valence-corrected chi connectivity index (χ4v) is 5.54. The van der Waals surface area contributed by atoms with Gasteiger partial charge in [-0.15, -0.1) is 0 Å². The van der Waals surface area contributed by atoms with Crippen LogP contribution in [0.1, 0.15) is 46.3 Å². The molecule has 1 aliphatic rings. The number of para-hydroxylation sites is 1. The number of carbonyl (C=O) groups is 2. The molecule has 3 amide bonds. The Morgan fingerprint density at radius 3 is 2.32 bits per heavy atom. The number of carbonyl (C=O) groups excluding carboxylic acids is 2. The monoisotopic (exact) mass is 589 g/mol. The van der Waals surface area contributed by atoms with Crippen molar-refractivity contribution in [2.45, 2.75) is 32.1 Å². The molecule has 1 aliphatic heterocycles. The van der Waals surface area contributed by atoms with E-state index in [0.717, 1.165) is 50.9 Å². The van der Waals surface area contributed by atoms with Crippen LogP contribution in [-0.2, 0) is 12.8 Å². The molecule has 0 spiro atoms. The summed E-state index contributed by atoms with van der Waals surface area (Å²) in [4.78, 5) is 28.4. The Morgan fingerprint density at radius 1 is 0.818 bits per heavy atom. The number of nitrogens with one attached hydrogen (secondary N) is 3. The number of piperidine rings is 1. The summed E-state index contributed by atoms with van der Waals surface area (Å²) in [6.45, 7) is 2.77. The number of nitrogens with zero attached hydrogens (tertiary/aromatic N) is 2. The number of rotatable bonds is 10. The van der Waals surface area contributed by atoms with Gasteiger partial charge in [0, 0.05) is 29.2 Å². The quantitative estimate of drug-likeness (QED) is 0.179. The zero-order valence-electron chi connectivity index (χ0n) is 24.6. The highest BCUT2D eigenvalue weighted by atomic mass is 19.1. The van der Waals surface area contributed by atoms with Crippen molar-refractivity contribution in [1.29, 1.82) is 5.26 Å². The maximum atomic E-state index is 13.2. The van der Waals surface area contributed by atoms with Crippen LogP contribution in [0.4, 0.5) is 26.2 Å². The molecular weight excluding hydrogens is 553 g/mol. The second-order valence-electron chi connectivity index (χ2n) is 11.2. The highest BCUT2D eigenvalue weighted by molar-refractivity contribution is 6.05. The fraction of sp³-hybridized carbons (Fsp3) is 0.250. The highest BCUT2D eigenvalue weighted by Gasteiger charge is 2.20. The molecule has 1 saturated heterocycles. The van der Waals surface area contributed by atoms with Gasteiger partial charge in [-0.2, -0.15) is 5.26 Å². The molecular formula is C36H36FN5O2. The predicted octanol–water partition coefficient (Wildman–Crippen LogP) is 7.48. The highest BCUT2D eigenvalue weighted by Crippen LogP contribution is 2.25. The maximum absolute atomic E-state index is 13.2. The van der Waals surface area contributed by atoms with Crippen LogP contribution in [0, 0.1) is 23.1 Å². The average Bonchev–Trinajstić information content (AvgIpc) is 3.05. The number of amides is 3. The second kappa shape index (κ2) is 14.9. The van der Waals surface area contributed by atoms with Gasteiger partial charge in [0.1, 0.15) is 5.82 Å². The van der Waals surface area contributed by atoms with Crippen LogP contribution in [0.2, 0.25) is 0 Å². The molecule has 224 valence electrons. The van der Waals surface area contributed by atoms with Crippen molar-refractivity contribution in [3.63, 3.8) is 0 Å². The number of aryl methyl sites for hydroxylation is 1. The van der Waals surface area contributed by atoms with Crippen molar-refractivity contribution >= 4 is 29.0 Å². The summed E-state index contributed by atoms with van der Waals surface area (Å²) in [7, 11) is 0. The lowest BCUT2D eigenvalue weighted by Gasteiger charge is -2.32. The predicted molar refractivity (Wildman–Crippen MR) is 172 cm³/mol. The third kappa shape index (κ3) is 8.76. The van der Waals surface area contributed by atoms with E-state index in [0.29, 0.717) is 40.5 Å². The van der Waals surface area contributed by atoms with E-state index < -0.39 is 6.03 Å². The van der Waals surface area contributed by atoms with Gasteiger partial charge in [0.15, 0.2) is 0 Å². The molecule has 0 saturated carbocycles. The summed E-state index contributed by atoms with van der Waals surface area (Å²) in [5.74, 6) is 0.222. The molecule has 4 aromatic carbocycles. The number of halogens is 1. The molecule has 0 radical (unpaired) electrons. The minimum absolute atomic E-state index is 0.200. The standard InChI is InChI=1S/C36H36FN5O2/c37-31-14-11-26(12-15-31)9-10-27-17-20-42(21-18-27)22-19-29-24-30(35(43)39-32-6-2-1-3-7-32)13-16-34(29)41-36(44)40-33-8-4-5-28(23-33)25-38/h1-8,11-16,23-24,27H,9-10,17-22H2,(H,39,43)(H2,40,41,44). The lowest BCUT2D eigenvalue weighted by Crippen LogP contribution is -2.35. The second-order valence-corrected chi connectivity index (χ2v) is 11.2. The molecule has 0 bridgehead atoms. The minimum Gasteiger partial charge on any atom is -0.322 e. The van der Waals surface area contributed by atoms with Crippen molar-refractivity contribution in [1.82, 2.24) is 4.90 Å². The van der Waals surface area contributed by atoms with E-state index in [1.54, 1.807) is 36.4 Å². The Labute approximate surface area is 257 Å². The van der Waals surface area contributed by atoms with Crippen molar-refractivity contribution in [3.8, 4) is 6.07 Å². The van der Waals surface area contributed by atoms with E-state index in [9.17, 15) is 14.0 Å². The first-order valence-electron chi connectivity index (χ1n) is 15.0. The molecule has 0 atom stereocenters. The van der Waals surface area contributed by atoms with Crippen LogP contribution >= 0.6 is 0 Å². The third-order valence-electron chi connectivity index (χ3n) is 8.06. The summed E-state index contributed by atoms with van der Waals surface area (Å²) in [5.41, 5.74) is 4.86.